The predicted molar refractivity (Wildman–Crippen MR) is 116 cm³/mol. The van der Waals surface area contributed by atoms with Gasteiger partial charge in [-0.05, 0) is 48.5 Å². The van der Waals surface area contributed by atoms with Crippen molar-refractivity contribution in [3.05, 3.63) is 96.4 Å². The van der Waals surface area contributed by atoms with Crippen molar-refractivity contribution in [1.29, 1.82) is 0 Å². The van der Waals surface area contributed by atoms with E-state index >= 15 is 0 Å². The first-order valence-electron chi connectivity index (χ1n) is 9.65. The fourth-order valence-electron chi connectivity index (χ4n) is 2.85. The van der Waals surface area contributed by atoms with Gasteiger partial charge in [0.1, 0.15) is 17.1 Å². The molecule has 0 bridgehead atoms. The van der Waals surface area contributed by atoms with Crippen molar-refractivity contribution in [2.75, 3.05) is 7.11 Å². The van der Waals surface area contributed by atoms with E-state index in [9.17, 15) is 4.79 Å². The van der Waals surface area contributed by atoms with Gasteiger partial charge in [-0.15, -0.1) is 0 Å². The number of ether oxygens (including phenoxy) is 2. The smallest absolute Gasteiger partial charge is 0.258 e. The number of aromatic nitrogens is 3. The van der Waals surface area contributed by atoms with E-state index in [0.717, 1.165) is 17.0 Å². The van der Waals surface area contributed by atoms with Gasteiger partial charge in [0.25, 0.3) is 5.91 Å². The lowest BCUT2D eigenvalue weighted by Gasteiger charge is -2.12. The maximum atomic E-state index is 12.8. The fraction of sp³-hybridized carbons (Fsp3) is 0.0833. The molecule has 0 aliphatic heterocycles. The van der Waals surface area contributed by atoms with E-state index in [4.69, 9.17) is 9.47 Å². The standard InChI is InChI=1S/C24H20N4O3/c1-30-19-12-10-17(11-13-19)22-26-16-21(23(29)27-15-18-7-5-6-14-25-18)24(28-22)31-20-8-3-2-4-9-20/h2-14,16H,15H2,1H3,(H,27,29). The second kappa shape index (κ2) is 9.49. The molecule has 0 unspecified atom stereocenters. The second-order valence-corrected chi connectivity index (χ2v) is 6.56. The number of amides is 1. The number of carbonyl (C=O) groups excluding carboxylic acids is 1. The highest BCUT2D eigenvalue weighted by molar-refractivity contribution is 5.96. The zero-order valence-electron chi connectivity index (χ0n) is 16.9. The monoisotopic (exact) mass is 412 g/mol. The van der Waals surface area contributed by atoms with Gasteiger partial charge in [0, 0.05) is 18.0 Å². The summed E-state index contributed by atoms with van der Waals surface area (Å²) in [6, 6.07) is 22.0. The van der Waals surface area contributed by atoms with Gasteiger partial charge in [-0.3, -0.25) is 9.78 Å². The molecule has 0 atom stereocenters. The number of para-hydroxylation sites is 1. The Kier molecular flexibility index (Phi) is 6.13. The first-order chi connectivity index (χ1) is 15.2. The van der Waals surface area contributed by atoms with Crippen LogP contribution in [-0.4, -0.2) is 28.0 Å². The summed E-state index contributed by atoms with van der Waals surface area (Å²) >= 11 is 0. The van der Waals surface area contributed by atoms with Crippen molar-refractivity contribution >= 4 is 5.91 Å². The van der Waals surface area contributed by atoms with Gasteiger partial charge in [-0.25, -0.2) is 4.98 Å². The van der Waals surface area contributed by atoms with Gasteiger partial charge < -0.3 is 14.8 Å². The minimum atomic E-state index is -0.349. The summed E-state index contributed by atoms with van der Waals surface area (Å²) in [6.45, 7) is 0.282. The molecule has 0 aliphatic rings. The molecule has 0 fully saturated rings. The van der Waals surface area contributed by atoms with Crippen LogP contribution in [0.25, 0.3) is 11.4 Å². The Morgan fingerprint density at radius 2 is 1.68 bits per heavy atom. The summed E-state index contributed by atoms with van der Waals surface area (Å²) < 4.78 is 11.1. The van der Waals surface area contributed by atoms with Crippen LogP contribution in [0.4, 0.5) is 0 Å². The van der Waals surface area contributed by atoms with E-state index in [2.05, 4.69) is 20.3 Å². The molecule has 2 heterocycles. The Hall–Kier alpha value is -4.26. The van der Waals surface area contributed by atoms with Crippen LogP contribution >= 0.6 is 0 Å². The number of pyridine rings is 1. The van der Waals surface area contributed by atoms with Crippen molar-refractivity contribution in [3.8, 4) is 28.8 Å². The highest BCUT2D eigenvalue weighted by atomic mass is 16.5. The fourth-order valence-corrected chi connectivity index (χ4v) is 2.85. The average molecular weight is 412 g/mol. The largest absolute Gasteiger partial charge is 0.497 e. The summed E-state index contributed by atoms with van der Waals surface area (Å²) in [5, 5.41) is 2.84. The highest BCUT2D eigenvalue weighted by Crippen LogP contribution is 2.26. The van der Waals surface area contributed by atoms with Gasteiger partial charge in [-0.1, -0.05) is 24.3 Å². The number of nitrogens with zero attached hydrogens (tertiary/aromatic N) is 3. The number of carbonyl (C=O) groups is 1. The van der Waals surface area contributed by atoms with Crippen LogP contribution in [-0.2, 0) is 6.54 Å². The minimum absolute atomic E-state index is 0.172. The Balaban J connectivity index is 1.63. The summed E-state index contributed by atoms with van der Waals surface area (Å²) in [5.41, 5.74) is 1.76. The average Bonchev–Trinajstić information content (AvgIpc) is 2.84. The normalized spacial score (nSPS) is 10.4. The maximum absolute atomic E-state index is 12.8. The van der Waals surface area contributed by atoms with Crippen LogP contribution < -0.4 is 14.8 Å². The lowest BCUT2D eigenvalue weighted by Crippen LogP contribution is -2.24. The van der Waals surface area contributed by atoms with Gasteiger partial charge in [0.2, 0.25) is 5.88 Å². The van der Waals surface area contributed by atoms with Crippen molar-refractivity contribution in [1.82, 2.24) is 20.3 Å². The van der Waals surface area contributed by atoms with Crippen molar-refractivity contribution < 1.29 is 14.3 Å². The van der Waals surface area contributed by atoms with E-state index in [-0.39, 0.29) is 23.9 Å². The van der Waals surface area contributed by atoms with Gasteiger partial charge in [0.15, 0.2) is 5.82 Å². The van der Waals surface area contributed by atoms with Crippen LogP contribution in [0.15, 0.2) is 85.2 Å². The highest BCUT2D eigenvalue weighted by Gasteiger charge is 2.18. The molecule has 7 nitrogen and oxygen atoms in total. The zero-order chi connectivity index (χ0) is 21.5. The lowest BCUT2D eigenvalue weighted by atomic mass is 10.2. The Labute approximate surface area is 179 Å². The quantitative estimate of drug-likeness (QED) is 0.488. The summed E-state index contributed by atoms with van der Waals surface area (Å²) in [6.07, 6.45) is 3.15. The third kappa shape index (κ3) is 5.02. The molecule has 0 spiro atoms. The molecule has 4 rings (SSSR count). The number of methoxy groups -OCH3 is 1. The molecule has 2 aromatic carbocycles. The van der Waals surface area contributed by atoms with Crippen molar-refractivity contribution in [2.45, 2.75) is 6.54 Å². The summed E-state index contributed by atoms with van der Waals surface area (Å²) in [7, 11) is 1.61. The molecule has 7 heteroatoms. The molecule has 0 saturated heterocycles. The maximum Gasteiger partial charge on any atom is 0.258 e. The molecule has 31 heavy (non-hydrogen) atoms. The SMILES string of the molecule is COc1ccc(-c2ncc(C(=O)NCc3ccccn3)c(Oc3ccccc3)n2)cc1. The van der Waals surface area contributed by atoms with Crippen LogP contribution in [0.5, 0.6) is 17.4 Å². The number of hydrogen-bond acceptors (Lipinski definition) is 6. The Morgan fingerprint density at radius 1 is 0.903 bits per heavy atom. The van der Waals surface area contributed by atoms with Crippen LogP contribution in [0.2, 0.25) is 0 Å². The number of nitrogens with one attached hydrogen (secondary N) is 1. The molecule has 1 amide bonds. The van der Waals surface area contributed by atoms with E-state index < -0.39 is 0 Å². The molecule has 1 N–H and O–H groups in total. The molecule has 0 radical (unpaired) electrons. The number of hydrogen-bond donors (Lipinski definition) is 1. The molecule has 0 saturated carbocycles. The summed E-state index contributed by atoms with van der Waals surface area (Å²) in [4.78, 5) is 26.0. The zero-order valence-corrected chi connectivity index (χ0v) is 16.9. The van der Waals surface area contributed by atoms with Crippen LogP contribution in [0.3, 0.4) is 0 Å². The molecule has 2 aromatic heterocycles. The third-order valence-corrected chi connectivity index (χ3v) is 4.46. The van der Waals surface area contributed by atoms with Gasteiger partial charge >= 0.3 is 0 Å². The third-order valence-electron chi connectivity index (χ3n) is 4.46. The van der Waals surface area contributed by atoms with E-state index in [1.165, 1.54) is 6.20 Å². The van der Waals surface area contributed by atoms with E-state index in [1.54, 1.807) is 25.4 Å². The number of benzene rings is 2. The first kappa shape index (κ1) is 20.0. The minimum Gasteiger partial charge on any atom is -0.497 e. The van der Waals surface area contributed by atoms with Crippen molar-refractivity contribution in [3.63, 3.8) is 0 Å². The van der Waals surface area contributed by atoms with Gasteiger partial charge in [0.05, 0.1) is 19.3 Å². The van der Waals surface area contributed by atoms with E-state index in [0.29, 0.717) is 11.6 Å². The number of rotatable bonds is 7. The van der Waals surface area contributed by atoms with Crippen LogP contribution in [0, 0.1) is 0 Å². The van der Waals surface area contributed by atoms with Crippen LogP contribution in [0.1, 0.15) is 16.1 Å². The first-order valence-corrected chi connectivity index (χ1v) is 9.65. The molecular formula is C24H20N4O3. The van der Waals surface area contributed by atoms with E-state index in [1.807, 2.05) is 60.7 Å². The second-order valence-electron chi connectivity index (χ2n) is 6.56. The predicted octanol–water partition coefficient (Wildman–Crippen LogP) is 4.27. The van der Waals surface area contributed by atoms with Gasteiger partial charge in [-0.2, -0.15) is 4.98 Å². The molecular weight excluding hydrogens is 392 g/mol. The molecule has 154 valence electrons. The lowest BCUT2D eigenvalue weighted by molar-refractivity contribution is 0.0947. The Bertz CT molecular complexity index is 1150. The molecule has 4 aromatic rings. The topological polar surface area (TPSA) is 86.2 Å². The molecule has 0 aliphatic carbocycles. The Morgan fingerprint density at radius 3 is 2.39 bits per heavy atom. The van der Waals surface area contributed by atoms with Crippen molar-refractivity contribution in [2.24, 2.45) is 0 Å². The summed E-state index contributed by atoms with van der Waals surface area (Å²) in [5.74, 6) is 1.56.